The lowest BCUT2D eigenvalue weighted by Gasteiger charge is -2.32. The van der Waals surface area contributed by atoms with Crippen molar-refractivity contribution in [2.45, 2.75) is 38.9 Å². The zero-order chi connectivity index (χ0) is 15.0. The van der Waals surface area contributed by atoms with E-state index in [1.807, 2.05) is 27.7 Å². The predicted molar refractivity (Wildman–Crippen MR) is 82.1 cm³/mol. The minimum absolute atomic E-state index is 0.409. The van der Waals surface area contributed by atoms with Gasteiger partial charge in [0, 0.05) is 17.5 Å². The quantitative estimate of drug-likeness (QED) is 0.528. The zero-order valence-electron chi connectivity index (χ0n) is 12.2. The van der Waals surface area contributed by atoms with Crippen LogP contribution in [-0.2, 0) is 9.31 Å². The van der Waals surface area contributed by atoms with Crippen LogP contribution >= 0.6 is 12.6 Å². The smallest absolute Gasteiger partial charge is 0.400 e. The summed E-state index contributed by atoms with van der Waals surface area (Å²) in [6, 6.07) is 3.35. The Morgan fingerprint density at radius 3 is 2.45 bits per heavy atom. The molecule has 1 aromatic rings. The van der Waals surface area contributed by atoms with E-state index < -0.39 is 24.3 Å². The average molecular weight is 295 g/mol. The maximum absolute atomic E-state index is 13.6. The fourth-order valence-electron chi connectivity index (χ4n) is 1.89. The Hall–Kier alpha value is -0.845. The van der Waals surface area contributed by atoms with Crippen LogP contribution in [0.15, 0.2) is 23.8 Å². The highest BCUT2D eigenvalue weighted by Crippen LogP contribution is 2.39. The molecule has 0 unspecified atom stereocenters. The second-order valence-electron chi connectivity index (χ2n) is 5.85. The fourth-order valence-corrected chi connectivity index (χ4v) is 2.13. The molecule has 1 aliphatic rings. The molecule has 0 spiro atoms. The van der Waals surface area contributed by atoms with E-state index in [1.165, 1.54) is 6.20 Å². The molecule has 108 valence electrons. The molecule has 1 aliphatic heterocycles. The molecule has 0 atom stereocenters. The third-order valence-corrected chi connectivity index (χ3v) is 4.23. The van der Waals surface area contributed by atoms with E-state index in [4.69, 9.17) is 9.31 Å². The van der Waals surface area contributed by atoms with E-state index in [1.54, 1.807) is 18.2 Å². The molecular weight excluding hydrogens is 276 g/mol. The van der Waals surface area contributed by atoms with Gasteiger partial charge in [-0.1, -0.05) is 6.08 Å². The molecule has 0 aliphatic carbocycles. The number of aromatic nitrogens is 1. The normalized spacial score (nSPS) is 21.3. The minimum atomic E-state index is -0.517. The van der Waals surface area contributed by atoms with Crippen LogP contribution in [0.4, 0.5) is 4.39 Å². The molecule has 6 heteroatoms. The summed E-state index contributed by atoms with van der Waals surface area (Å²) in [5.41, 5.74) is 0.338. The highest BCUT2D eigenvalue weighted by molar-refractivity contribution is 7.80. The summed E-state index contributed by atoms with van der Waals surface area (Å²) in [4.78, 5) is 3.63. The van der Waals surface area contributed by atoms with Gasteiger partial charge in [0.05, 0.1) is 11.2 Å². The Balaban J connectivity index is 2.29. The molecule has 0 saturated carbocycles. The second-order valence-corrected chi connectivity index (χ2v) is 6.17. The van der Waals surface area contributed by atoms with Gasteiger partial charge in [-0.15, -0.1) is 0 Å². The van der Waals surface area contributed by atoms with Gasteiger partial charge in [-0.3, -0.25) is 0 Å². The number of rotatable bonds is 3. The highest BCUT2D eigenvalue weighted by atomic mass is 32.1. The van der Waals surface area contributed by atoms with Gasteiger partial charge in [-0.25, -0.2) is 4.98 Å². The van der Waals surface area contributed by atoms with Crippen molar-refractivity contribution in [1.82, 2.24) is 4.98 Å². The molecule has 2 heterocycles. The molecule has 1 fully saturated rings. The molecule has 0 aromatic carbocycles. The van der Waals surface area contributed by atoms with Gasteiger partial charge in [0.15, 0.2) is 0 Å². The summed E-state index contributed by atoms with van der Waals surface area (Å²) in [5, 5.41) is 0. The van der Waals surface area contributed by atoms with E-state index in [0.717, 1.165) is 5.47 Å². The average Bonchev–Trinajstić information content (AvgIpc) is 2.57. The first-order valence-corrected chi connectivity index (χ1v) is 7.17. The first-order chi connectivity index (χ1) is 9.27. The van der Waals surface area contributed by atoms with E-state index in [0.29, 0.717) is 11.3 Å². The van der Waals surface area contributed by atoms with Gasteiger partial charge in [0.2, 0.25) is 5.95 Å². The van der Waals surface area contributed by atoms with Crippen LogP contribution in [0.1, 0.15) is 33.3 Å². The number of pyridine rings is 1. The van der Waals surface area contributed by atoms with Crippen molar-refractivity contribution >= 4 is 25.8 Å². The van der Waals surface area contributed by atoms with E-state index >= 15 is 0 Å². The van der Waals surface area contributed by atoms with Crippen molar-refractivity contribution in [3.63, 3.8) is 0 Å². The molecule has 0 N–H and O–H groups in total. The summed E-state index contributed by atoms with van der Waals surface area (Å²) in [6.45, 7) is 7.92. The lowest BCUT2D eigenvalue weighted by Crippen LogP contribution is -2.41. The van der Waals surface area contributed by atoms with Gasteiger partial charge >= 0.3 is 7.12 Å². The monoisotopic (exact) mass is 295 g/mol. The van der Waals surface area contributed by atoms with Crippen LogP contribution in [0.5, 0.6) is 0 Å². The SMILES string of the molecule is CC1(C)OB(C(=Cc2cccnc2F)CS)OC1(C)C. The highest BCUT2D eigenvalue weighted by Gasteiger charge is 2.52. The summed E-state index contributed by atoms with van der Waals surface area (Å²) in [5.74, 6) is -0.0890. The van der Waals surface area contributed by atoms with Crippen LogP contribution in [0.25, 0.3) is 6.08 Å². The van der Waals surface area contributed by atoms with Crippen molar-refractivity contribution < 1.29 is 13.7 Å². The van der Waals surface area contributed by atoms with Gasteiger partial charge in [0.1, 0.15) is 0 Å². The number of nitrogens with zero attached hydrogens (tertiary/aromatic N) is 1. The minimum Gasteiger partial charge on any atom is -0.400 e. The Morgan fingerprint density at radius 2 is 1.95 bits per heavy atom. The van der Waals surface area contributed by atoms with E-state index in [9.17, 15) is 4.39 Å². The third kappa shape index (κ3) is 2.92. The summed E-state index contributed by atoms with van der Waals surface area (Å²) < 4.78 is 25.5. The van der Waals surface area contributed by atoms with E-state index in [2.05, 4.69) is 17.6 Å². The molecule has 2 rings (SSSR count). The van der Waals surface area contributed by atoms with Crippen LogP contribution in [0.3, 0.4) is 0 Å². The van der Waals surface area contributed by atoms with Gasteiger partial charge in [-0.05, 0) is 45.3 Å². The summed E-state index contributed by atoms with van der Waals surface area (Å²) in [7, 11) is -0.517. The number of hydrogen-bond donors (Lipinski definition) is 1. The third-order valence-electron chi connectivity index (χ3n) is 3.87. The Bertz CT molecular complexity index is 518. The molecule has 1 saturated heterocycles. The maximum atomic E-state index is 13.6. The van der Waals surface area contributed by atoms with Gasteiger partial charge in [0.25, 0.3) is 0 Å². The fraction of sp³-hybridized carbons (Fsp3) is 0.500. The first kappa shape index (κ1) is 15.5. The standard InChI is InChI=1S/C14H19BFNO2S/c1-13(2)14(3,4)19-15(18-13)11(9-20)8-10-6-5-7-17-12(10)16/h5-8,20H,9H2,1-4H3. The van der Waals surface area contributed by atoms with E-state index in [-0.39, 0.29) is 0 Å². The van der Waals surface area contributed by atoms with Gasteiger partial charge in [-0.2, -0.15) is 17.0 Å². The Morgan fingerprint density at radius 1 is 1.35 bits per heavy atom. The first-order valence-electron chi connectivity index (χ1n) is 6.54. The topological polar surface area (TPSA) is 31.4 Å². The van der Waals surface area contributed by atoms with Crippen molar-refractivity contribution in [3.05, 3.63) is 35.3 Å². The predicted octanol–water partition coefficient (Wildman–Crippen LogP) is 3.17. The van der Waals surface area contributed by atoms with Crippen molar-refractivity contribution in [3.8, 4) is 0 Å². The van der Waals surface area contributed by atoms with Crippen molar-refractivity contribution in [1.29, 1.82) is 0 Å². The molecule has 0 radical (unpaired) electrons. The molecule has 20 heavy (non-hydrogen) atoms. The molecule has 0 bridgehead atoms. The number of hydrogen-bond acceptors (Lipinski definition) is 4. The van der Waals surface area contributed by atoms with Crippen LogP contribution in [0.2, 0.25) is 0 Å². The molecular formula is C14H19BFNO2S. The summed E-state index contributed by atoms with van der Waals surface area (Å²) in [6.07, 6.45) is 3.11. The largest absolute Gasteiger partial charge is 0.491 e. The second kappa shape index (κ2) is 5.50. The molecule has 3 nitrogen and oxygen atoms in total. The Labute approximate surface area is 125 Å². The summed E-state index contributed by atoms with van der Waals surface area (Å²) >= 11 is 4.30. The lowest BCUT2D eigenvalue weighted by molar-refractivity contribution is 0.00578. The molecule has 1 aromatic heterocycles. The molecule has 0 amide bonds. The lowest BCUT2D eigenvalue weighted by atomic mass is 9.78. The van der Waals surface area contributed by atoms with Crippen molar-refractivity contribution in [2.75, 3.05) is 5.75 Å². The van der Waals surface area contributed by atoms with Crippen LogP contribution in [-0.4, -0.2) is 29.1 Å². The number of thiol groups is 1. The maximum Gasteiger partial charge on any atom is 0.491 e. The van der Waals surface area contributed by atoms with Crippen LogP contribution in [0, 0.1) is 5.95 Å². The number of halogens is 1. The van der Waals surface area contributed by atoms with Gasteiger partial charge < -0.3 is 9.31 Å². The zero-order valence-corrected chi connectivity index (χ0v) is 13.1. The van der Waals surface area contributed by atoms with Crippen molar-refractivity contribution in [2.24, 2.45) is 0 Å². The Kier molecular flexibility index (Phi) is 4.28. The van der Waals surface area contributed by atoms with Crippen LogP contribution < -0.4 is 0 Å².